The van der Waals surface area contributed by atoms with E-state index in [0.29, 0.717) is 24.0 Å². The summed E-state index contributed by atoms with van der Waals surface area (Å²) in [5.41, 5.74) is 0.889. The van der Waals surface area contributed by atoms with Crippen molar-refractivity contribution in [3.8, 4) is 5.75 Å². The molecule has 1 saturated heterocycles. The summed E-state index contributed by atoms with van der Waals surface area (Å²) in [6, 6.07) is 15.2. The Kier molecular flexibility index (Phi) is 7.94. The Hall–Kier alpha value is -2.98. The van der Waals surface area contributed by atoms with Gasteiger partial charge in [-0.25, -0.2) is 9.29 Å². The Morgan fingerprint density at radius 3 is 2.44 bits per heavy atom. The number of carbonyl (C=O) groups excluding carboxylic acids is 2. The van der Waals surface area contributed by atoms with E-state index in [-0.39, 0.29) is 28.7 Å². The first-order chi connectivity index (χ1) is 17.2. The Bertz CT molecular complexity index is 1440. The first kappa shape index (κ1) is 26.1. The number of benzene rings is 3. The summed E-state index contributed by atoms with van der Waals surface area (Å²) in [7, 11) is 0. The van der Waals surface area contributed by atoms with Crippen molar-refractivity contribution in [3.05, 3.63) is 100 Å². The van der Waals surface area contributed by atoms with E-state index in [1.807, 2.05) is 0 Å². The number of carbonyl (C=O) groups is 2. The van der Waals surface area contributed by atoms with Crippen LogP contribution in [-0.2, 0) is 16.2 Å². The predicted molar refractivity (Wildman–Crippen MR) is 152 cm³/mol. The molecule has 1 aliphatic rings. The van der Waals surface area contributed by atoms with Gasteiger partial charge in [-0.2, -0.15) is 0 Å². The standard InChI is InChI=1S/C24H14FI2N3O5S/c25-17-6-1-2-7-20(17)29-23(32)16(22(31)28-24(29)36)9-14-10-18(26)21(19(27)11-14)35-12-13-4-3-5-15(8-13)30(33)34/h1-11H,12H2,(H,28,31,36)/b16-9+. The number of rotatable bonds is 6. The van der Waals surface area contributed by atoms with Crippen molar-refractivity contribution < 1.29 is 23.6 Å². The molecule has 1 N–H and O–H groups in total. The Morgan fingerprint density at radius 1 is 1.08 bits per heavy atom. The van der Waals surface area contributed by atoms with E-state index >= 15 is 0 Å². The molecule has 0 atom stereocenters. The van der Waals surface area contributed by atoms with E-state index in [1.165, 1.54) is 36.4 Å². The maximum atomic E-state index is 14.3. The minimum atomic E-state index is -0.745. The minimum absolute atomic E-state index is 0.0261. The summed E-state index contributed by atoms with van der Waals surface area (Å²) in [4.78, 5) is 37.2. The van der Waals surface area contributed by atoms with Gasteiger partial charge in [-0.1, -0.05) is 24.3 Å². The van der Waals surface area contributed by atoms with Gasteiger partial charge in [0.15, 0.2) is 5.11 Å². The highest BCUT2D eigenvalue weighted by Crippen LogP contribution is 2.32. The van der Waals surface area contributed by atoms with Gasteiger partial charge in [0.2, 0.25) is 0 Å². The molecule has 0 saturated carbocycles. The fourth-order valence-electron chi connectivity index (χ4n) is 3.39. The Balaban J connectivity index is 1.60. The van der Waals surface area contributed by atoms with E-state index in [4.69, 9.17) is 17.0 Å². The average Bonchev–Trinajstić information content (AvgIpc) is 2.82. The number of nitro groups is 1. The maximum Gasteiger partial charge on any atom is 0.270 e. The van der Waals surface area contributed by atoms with Crippen LogP contribution in [0.3, 0.4) is 0 Å². The second-order valence-corrected chi connectivity index (χ2v) is 10.1. The molecule has 36 heavy (non-hydrogen) atoms. The third-order valence-electron chi connectivity index (χ3n) is 5.03. The van der Waals surface area contributed by atoms with Crippen LogP contribution in [0.15, 0.2) is 66.2 Å². The van der Waals surface area contributed by atoms with Crippen LogP contribution < -0.4 is 15.0 Å². The van der Waals surface area contributed by atoms with Gasteiger partial charge in [-0.05, 0) is 98.9 Å². The molecule has 2 amide bonds. The quantitative estimate of drug-likeness (QED) is 0.0918. The first-order valence-corrected chi connectivity index (χ1v) is 12.7. The van der Waals surface area contributed by atoms with Crippen molar-refractivity contribution in [3.63, 3.8) is 0 Å². The van der Waals surface area contributed by atoms with Crippen LogP contribution in [-0.4, -0.2) is 21.9 Å². The Labute approximate surface area is 236 Å². The normalized spacial score (nSPS) is 14.7. The molecular weight excluding hydrogens is 715 g/mol. The highest BCUT2D eigenvalue weighted by molar-refractivity contribution is 14.1. The molecule has 1 fully saturated rings. The number of nitro benzene ring substituents is 1. The number of nitrogens with one attached hydrogen (secondary N) is 1. The summed E-state index contributed by atoms with van der Waals surface area (Å²) in [5, 5.41) is 13.2. The second-order valence-electron chi connectivity index (χ2n) is 7.44. The third-order valence-corrected chi connectivity index (χ3v) is 6.92. The molecular formula is C24H14FI2N3O5S. The molecule has 0 spiro atoms. The van der Waals surface area contributed by atoms with E-state index < -0.39 is 22.6 Å². The van der Waals surface area contributed by atoms with Crippen molar-refractivity contribution in [2.45, 2.75) is 6.61 Å². The predicted octanol–water partition coefficient (Wildman–Crippen LogP) is 5.35. The van der Waals surface area contributed by atoms with Crippen LogP contribution in [0.1, 0.15) is 11.1 Å². The van der Waals surface area contributed by atoms with Gasteiger partial charge >= 0.3 is 0 Å². The maximum absolute atomic E-state index is 14.3. The lowest BCUT2D eigenvalue weighted by Crippen LogP contribution is -2.54. The zero-order chi connectivity index (χ0) is 26.0. The molecule has 0 aliphatic carbocycles. The van der Waals surface area contributed by atoms with Crippen LogP contribution in [0.4, 0.5) is 15.8 Å². The number of thiocarbonyl (C=S) groups is 1. The molecule has 4 rings (SSSR count). The van der Waals surface area contributed by atoms with E-state index in [9.17, 15) is 24.1 Å². The molecule has 182 valence electrons. The molecule has 12 heteroatoms. The van der Waals surface area contributed by atoms with Crippen LogP contribution in [0, 0.1) is 23.1 Å². The van der Waals surface area contributed by atoms with Crippen LogP contribution in [0.25, 0.3) is 6.08 Å². The minimum Gasteiger partial charge on any atom is -0.487 e. The molecule has 3 aromatic carbocycles. The van der Waals surface area contributed by atoms with Crippen molar-refractivity contribution >= 4 is 91.8 Å². The van der Waals surface area contributed by atoms with Gasteiger partial charge in [0.05, 0.1) is 17.8 Å². The number of hydrogen-bond acceptors (Lipinski definition) is 6. The van der Waals surface area contributed by atoms with Crippen molar-refractivity contribution in [2.24, 2.45) is 0 Å². The van der Waals surface area contributed by atoms with Gasteiger partial charge < -0.3 is 4.74 Å². The lowest BCUT2D eigenvalue weighted by Gasteiger charge is -2.29. The summed E-state index contributed by atoms with van der Waals surface area (Å²) < 4.78 is 21.6. The van der Waals surface area contributed by atoms with Crippen molar-refractivity contribution in [1.29, 1.82) is 0 Å². The summed E-state index contributed by atoms with van der Waals surface area (Å²) >= 11 is 9.24. The summed E-state index contributed by atoms with van der Waals surface area (Å²) in [6.07, 6.45) is 1.40. The molecule has 8 nitrogen and oxygen atoms in total. The van der Waals surface area contributed by atoms with Gasteiger partial charge in [-0.15, -0.1) is 0 Å². The van der Waals surface area contributed by atoms with Crippen molar-refractivity contribution in [1.82, 2.24) is 5.32 Å². The number of para-hydroxylation sites is 1. The number of hydrogen-bond donors (Lipinski definition) is 1. The molecule has 1 aliphatic heterocycles. The van der Waals surface area contributed by atoms with Crippen LogP contribution in [0.2, 0.25) is 0 Å². The van der Waals surface area contributed by atoms with Gasteiger partial charge in [-0.3, -0.25) is 25.0 Å². The van der Waals surface area contributed by atoms with E-state index in [1.54, 1.807) is 30.3 Å². The highest BCUT2D eigenvalue weighted by Gasteiger charge is 2.35. The number of halogens is 3. The van der Waals surface area contributed by atoms with Crippen LogP contribution in [0.5, 0.6) is 5.75 Å². The average molecular weight is 729 g/mol. The molecule has 0 unspecified atom stereocenters. The number of nitrogens with zero attached hydrogens (tertiary/aromatic N) is 2. The van der Waals surface area contributed by atoms with Gasteiger partial charge in [0, 0.05) is 12.1 Å². The fourth-order valence-corrected chi connectivity index (χ4v) is 5.79. The highest BCUT2D eigenvalue weighted by atomic mass is 127. The SMILES string of the molecule is O=C1NC(=S)N(c2ccccc2F)C(=O)/C1=C/c1cc(I)c(OCc2cccc([N+](=O)[O-])c2)c(I)c1. The first-order valence-electron chi connectivity index (χ1n) is 10.2. The number of anilines is 1. The lowest BCUT2D eigenvalue weighted by molar-refractivity contribution is -0.384. The Morgan fingerprint density at radius 2 is 1.78 bits per heavy atom. The monoisotopic (exact) mass is 729 g/mol. The second kappa shape index (κ2) is 11.0. The smallest absolute Gasteiger partial charge is 0.270 e. The summed E-state index contributed by atoms with van der Waals surface area (Å²) in [5.74, 6) is -1.53. The number of non-ortho nitro benzene ring substituents is 1. The number of ether oxygens (including phenoxy) is 1. The molecule has 1 heterocycles. The molecule has 3 aromatic rings. The van der Waals surface area contributed by atoms with Gasteiger partial charge in [0.1, 0.15) is 23.7 Å². The molecule has 0 aromatic heterocycles. The topological polar surface area (TPSA) is 102 Å². The fraction of sp³-hybridized carbons (Fsp3) is 0.0417. The third kappa shape index (κ3) is 5.54. The zero-order valence-electron chi connectivity index (χ0n) is 18.0. The summed E-state index contributed by atoms with van der Waals surface area (Å²) in [6.45, 7) is 0.115. The zero-order valence-corrected chi connectivity index (χ0v) is 23.2. The molecule has 0 bridgehead atoms. The molecule has 0 radical (unpaired) electrons. The van der Waals surface area contributed by atoms with Crippen molar-refractivity contribution in [2.75, 3.05) is 4.90 Å². The largest absolute Gasteiger partial charge is 0.487 e. The van der Waals surface area contributed by atoms with Crippen LogP contribution >= 0.6 is 57.4 Å². The lowest BCUT2D eigenvalue weighted by atomic mass is 10.1. The van der Waals surface area contributed by atoms with E-state index in [0.717, 1.165) is 4.90 Å². The van der Waals surface area contributed by atoms with Gasteiger partial charge in [0.25, 0.3) is 17.5 Å². The number of amides is 2. The van der Waals surface area contributed by atoms with E-state index in [2.05, 4.69) is 50.5 Å².